The predicted octanol–water partition coefficient (Wildman–Crippen LogP) is 2.47. The van der Waals surface area contributed by atoms with Gasteiger partial charge in [0.1, 0.15) is 6.04 Å². The fourth-order valence-electron chi connectivity index (χ4n) is 2.52. The Kier molecular flexibility index (Phi) is 5.63. The number of hydrogen-bond acceptors (Lipinski definition) is 5. The number of carbonyl (C=O) groups is 1. The van der Waals surface area contributed by atoms with Crippen LogP contribution in [-0.2, 0) is 11.3 Å². The Morgan fingerprint density at radius 3 is 2.91 bits per heavy atom. The predicted molar refractivity (Wildman–Crippen MR) is 91.4 cm³/mol. The fourth-order valence-corrected chi connectivity index (χ4v) is 3.46. The Labute approximate surface area is 143 Å². The lowest BCUT2D eigenvalue weighted by Crippen LogP contribution is -2.49. The maximum absolute atomic E-state index is 12.3. The van der Waals surface area contributed by atoms with E-state index in [-0.39, 0.29) is 24.4 Å². The number of rotatable bonds is 3. The second kappa shape index (κ2) is 7.28. The van der Waals surface area contributed by atoms with Gasteiger partial charge in [0.25, 0.3) is 0 Å². The Bertz CT molecular complexity index is 664. The number of piperazine rings is 1. The summed E-state index contributed by atoms with van der Waals surface area (Å²) in [4.78, 5) is 19.5. The van der Waals surface area contributed by atoms with Crippen LogP contribution in [0.2, 0.25) is 5.02 Å². The lowest BCUT2D eigenvalue weighted by atomic mass is 10.0. The van der Waals surface area contributed by atoms with E-state index in [0.29, 0.717) is 23.2 Å². The zero-order valence-corrected chi connectivity index (χ0v) is 14.0. The van der Waals surface area contributed by atoms with Gasteiger partial charge in [0.05, 0.1) is 0 Å². The molecule has 1 aliphatic rings. The minimum Gasteiger partial charge on any atom is -0.375 e. The van der Waals surface area contributed by atoms with Crippen molar-refractivity contribution in [2.45, 2.75) is 12.6 Å². The van der Waals surface area contributed by atoms with Crippen molar-refractivity contribution in [3.63, 3.8) is 0 Å². The molecule has 2 heterocycles. The van der Waals surface area contributed by atoms with E-state index in [0.717, 1.165) is 17.0 Å². The summed E-state index contributed by atoms with van der Waals surface area (Å²) < 4.78 is 0. The molecule has 22 heavy (non-hydrogen) atoms. The summed E-state index contributed by atoms with van der Waals surface area (Å²) >= 11 is 7.70. The van der Waals surface area contributed by atoms with Crippen LogP contribution in [0.5, 0.6) is 0 Å². The number of benzene rings is 1. The molecule has 0 radical (unpaired) electrons. The van der Waals surface area contributed by atoms with E-state index in [1.807, 2.05) is 24.3 Å². The maximum atomic E-state index is 12.3. The number of carbonyl (C=O) groups excluding carboxylic acids is 1. The van der Waals surface area contributed by atoms with Crippen molar-refractivity contribution in [2.24, 2.45) is 0 Å². The van der Waals surface area contributed by atoms with Crippen LogP contribution >= 0.6 is 35.3 Å². The molecule has 3 rings (SSSR count). The highest BCUT2D eigenvalue weighted by Crippen LogP contribution is 2.31. The van der Waals surface area contributed by atoms with Crippen molar-refractivity contribution in [2.75, 3.05) is 18.8 Å². The SMILES string of the molecule is Cl.Nc1ncc(CN2CCNC(=O)C2c2ccccc2Cl)s1. The number of anilines is 1. The summed E-state index contributed by atoms with van der Waals surface area (Å²) in [5.74, 6) is -0.0214. The summed E-state index contributed by atoms with van der Waals surface area (Å²) in [5.41, 5.74) is 6.50. The number of nitrogen functional groups attached to an aromatic ring is 1. The Morgan fingerprint density at radius 1 is 1.45 bits per heavy atom. The molecule has 1 amide bonds. The minimum atomic E-state index is -0.379. The van der Waals surface area contributed by atoms with E-state index in [4.69, 9.17) is 17.3 Å². The minimum absolute atomic E-state index is 0. The lowest BCUT2D eigenvalue weighted by molar-refractivity contribution is -0.129. The zero-order chi connectivity index (χ0) is 14.8. The van der Waals surface area contributed by atoms with Crippen molar-refractivity contribution in [3.8, 4) is 0 Å². The number of aromatic nitrogens is 1. The average Bonchev–Trinajstić information content (AvgIpc) is 2.86. The van der Waals surface area contributed by atoms with Gasteiger partial charge in [0, 0.05) is 35.7 Å². The Balaban J connectivity index is 0.00000176. The van der Waals surface area contributed by atoms with E-state index in [1.165, 1.54) is 11.3 Å². The molecule has 1 fully saturated rings. The van der Waals surface area contributed by atoms with E-state index >= 15 is 0 Å². The molecule has 1 atom stereocenters. The molecule has 1 aliphatic heterocycles. The number of nitrogens with zero attached hydrogens (tertiary/aromatic N) is 2. The first-order valence-electron chi connectivity index (χ1n) is 6.61. The lowest BCUT2D eigenvalue weighted by Gasteiger charge is -2.35. The van der Waals surface area contributed by atoms with E-state index in [1.54, 1.807) is 6.20 Å². The molecule has 1 aromatic carbocycles. The number of hydrogen-bond donors (Lipinski definition) is 2. The van der Waals surface area contributed by atoms with Gasteiger partial charge in [-0.15, -0.1) is 23.7 Å². The van der Waals surface area contributed by atoms with Gasteiger partial charge >= 0.3 is 0 Å². The van der Waals surface area contributed by atoms with Crippen LogP contribution in [0.3, 0.4) is 0 Å². The summed E-state index contributed by atoms with van der Waals surface area (Å²) in [6, 6.07) is 7.08. The summed E-state index contributed by atoms with van der Waals surface area (Å²) in [6.45, 7) is 2.03. The zero-order valence-electron chi connectivity index (χ0n) is 11.7. The maximum Gasteiger partial charge on any atom is 0.242 e. The molecule has 5 nitrogen and oxygen atoms in total. The van der Waals surface area contributed by atoms with Crippen molar-refractivity contribution >= 4 is 46.4 Å². The van der Waals surface area contributed by atoms with Crippen LogP contribution in [0.25, 0.3) is 0 Å². The Morgan fingerprint density at radius 2 is 2.23 bits per heavy atom. The number of amides is 1. The van der Waals surface area contributed by atoms with E-state index in [9.17, 15) is 4.79 Å². The molecular formula is C14H16Cl2N4OS. The van der Waals surface area contributed by atoms with E-state index < -0.39 is 0 Å². The highest BCUT2D eigenvalue weighted by Gasteiger charge is 2.32. The fraction of sp³-hybridized carbons (Fsp3) is 0.286. The first-order valence-corrected chi connectivity index (χ1v) is 7.81. The van der Waals surface area contributed by atoms with Crippen LogP contribution < -0.4 is 11.1 Å². The smallest absolute Gasteiger partial charge is 0.242 e. The summed E-state index contributed by atoms with van der Waals surface area (Å²) in [5, 5.41) is 4.05. The molecule has 3 N–H and O–H groups in total. The molecule has 0 saturated carbocycles. The molecule has 1 saturated heterocycles. The van der Waals surface area contributed by atoms with Crippen LogP contribution in [0, 0.1) is 0 Å². The molecule has 118 valence electrons. The third-order valence-corrected chi connectivity index (χ3v) is 4.60. The molecule has 2 aromatic rings. The quantitative estimate of drug-likeness (QED) is 0.883. The number of nitrogens with one attached hydrogen (secondary N) is 1. The summed E-state index contributed by atoms with van der Waals surface area (Å²) in [6.07, 6.45) is 1.76. The molecule has 1 aromatic heterocycles. The summed E-state index contributed by atoms with van der Waals surface area (Å²) in [7, 11) is 0. The van der Waals surface area contributed by atoms with Gasteiger partial charge in [-0.05, 0) is 11.6 Å². The molecule has 0 bridgehead atoms. The normalized spacial score (nSPS) is 18.6. The molecule has 0 aliphatic carbocycles. The number of thiazole rings is 1. The monoisotopic (exact) mass is 358 g/mol. The van der Waals surface area contributed by atoms with Crippen molar-refractivity contribution < 1.29 is 4.79 Å². The van der Waals surface area contributed by atoms with Gasteiger partial charge in [0.2, 0.25) is 5.91 Å². The molecular weight excluding hydrogens is 343 g/mol. The first kappa shape index (κ1) is 17.0. The third-order valence-electron chi connectivity index (χ3n) is 3.44. The van der Waals surface area contributed by atoms with E-state index in [2.05, 4.69) is 15.2 Å². The van der Waals surface area contributed by atoms with Gasteiger partial charge in [-0.2, -0.15) is 0 Å². The third kappa shape index (κ3) is 3.52. The van der Waals surface area contributed by atoms with Crippen molar-refractivity contribution in [3.05, 3.63) is 45.9 Å². The van der Waals surface area contributed by atoms with Crippen LogP contribution in [0.15, 0.2) is 30.5 Å². The van der Waals surface area contributed by atoms with Crippen LogP contribution in [-0.4, -0.2) is 28.9 Å². The molecule has 0 spiro atoms. The van der Waals surface area contributed by atoms with Gasteiger partial charge in [0.15, 0.2) is 5.13 Å². The highest BCUT2D eigenvalue weighted by atomic mass is 35.5. The van der Waals surface area contributed by atoms with Crippen molar-refractivity contribution in [1.29, 1.82) is 0 Å². The molecule has 8 heteroatoms. The second-order valence-electron chi connectivity index (χ2n) is 4.85. The standard InChI is InChI=1S/C14H15ClN4OS.ClH/c15-11-4-2-1-3-10(11)12-13(20)17-5-6-19(12)8-9-7-18-14(16)21-9;/h1-4,7,12H,5-6,8H2,(H2,16,18)(H,17,20);1H. The second-order valence-corrected chi connectivity index (χ2v) is 6.40. The largest absolute Gasteiger partial charge is 0.375 e. The van der Waals surface area contributed by atoms with Crippen LogP contribution in [0.4, 0.5) is 5.13 Å². The van der Waals surface area contributed by atoms with Gasteiger partial charge in [-0.3, -0.25) is 9.69 Å². The number of halogens is 2. The molecule has 1 unspecified atom stereocenters. The topological polar surface area (TPSA) is 71.2 Å². The van der Waals surface area contributed by atoms with Crippen LogP contribution in [0.1, 0.15) is 16.5 Å². The van der Waals surface area contributed by atoms with Crippen molar-refractivity contribution in [1.82, 2.24) is 15.2 Å². The van der Waals surface area contributed by atoms with Gasteiger partial charge < -0.3 is 11.1 Å². The average molecular weight is 359 g/mol. The first-order chi connectivity index (χ1) is 10.1. The van der Waals surface area contributed by atoms with Gasteiger partial charge in [-0.25, -0.2) is 4.98 Å². The highest BCUT2D eigenvalue weighted by molar-refractivity contribution is 7.15. The van der Waals surface area contributed by atoms with Gasteiger partial charge in [-0.1, -0.05) is 29.8 Å². The number of nitrogens with two attached hydrogens (primary N) is 1. The Hall–Kier alpha value is -1.34.